The molecule has 28 heavy (non-hydrogen) atoms. The molecule has 4 rings (SSSR count). The van der Waals surface area contributed by atoms with E-state index in [4.69, 9.17) is 16.3 Å². The Hall–Kier alpha value is -2.79. The van der Waals surface area contributed by atoms with Gasteiger partial charge in [-0.05, 0) is 31.5 Å². The van der Waals surface area contributed by atoms with E-state index in [0.717, 1.165) is 29.0 Å². The minimum absolute atomic E-state index is 0.0665. The van der Waals surface area contributed by atoms with Crippen LogP contribution in [0.1, 0.15) is 45.3 Å². The van der Waals surface area contributed by atoms with Crippen molar-refractivity contribution < 1.29 is 9.53 Å². The van der Waals surface area contributed by atoms with Crippen molar-refractivity contribution in [2.24, 2.45) is 0 Å². The molecule has 2 aromatic carbocycles. The number of para-hydroxylation sites is 1. The van der Waals surface area contributed by atoms with Gasteiger partial charge in [0, 0.05) is 22.7 Å². The Labute approximate surface area is 169 Å². The first kappa shape index (κ1) is 18.6. The lowest BCUT2D eigenvalue weighted by Gasteiger charge is -2.26. The van der Waals surface area contributed by atoms with Gasteiger partial charge in [-0.3, -0.25) is 9.48 Å². The molecule has 1 N–H and O–H groups in total. The number of rotatable bonds is 4. The Morgan fingerprint density at radius 3 is 2.79 bits per heavy atom. The normalized spacial score (nSPS) is 15.6. The minimum atomic E-state index is -0.109. The quantitative estimate of drug-likeness (QED) is 0.709. The molecule has 144 valence electrons. The average Bonchev–Trinajstić information content (AvgIpc) is 2.97. The molecule has 2 heterocycles. The summed E-state index contributed by atoms with van der Waals surface area (Å²) in [5.74, 6) is 0.726. The molecule has 1 aromatic heterocycles. The number of aryl methyl sites for hydroxylation is 1. The number of amides is 1. The molecule has 0 saturated heterocycles. The number of nitrogens with zero attached hydrogens (tertiary/aromatic N) is 2. The molecule has 0 saturated carbocycles. The Bertz CT molecular complexity index is 1030. The van der Waals surface area contributed by atoms with Crippen molar-refractivity contribution in [3.63, 3.8) is 0 Å². The molecule has 0 aliphatic carbocycles. The zero-order valence-corrected chi connectivity index (χ0v) is 16.7. The van der Waals surface area contributed by atoms with E-state index in [1.807, 2.05) is 67.1 Å². The van der Waals surface area contributed by atoms with E-state index in [9.17, 15) is 4.79 Å². The number of ether oxygens (including phenoxy) is 1. The highest BCUT2D eigenvalue weighted by molar-refractivity contribution is 6.31. The maximum absolute atomic E-state index is 13.1. The summed E-state index contributed by atoms with van der Waals surface area (Å²) in [5, 5.41) is 8.44. The van der Waals surface area contributed by atoms with Crippen molar-refractivity contribution in [2.45, 2.75) is 32.9 Å². The second kappa shape index (κ2) is 7.68. The maximum atomic E-state index is 13.1. The number of carbonyl (C=O) groups is 1. The van der Waals surface area contributed by atoms with Gasteiger partial charge in [0.2, 0.25) is 0 Å². The molecular weight excluding hydrogens is 374 g/mol. The van der Waals surface area contributed by atoms with E-state index in [1.54, 1.807) is 0 Å². The summed E-state index contributed by atoms with van der Waals surface area (Å²) >= 11 is 6.28. The van der Waals surface area contributed by atoms with Crippen LogP contribution in [0.5, 0.6) is 5.75 Å². The Morgan fingerprint density at radius 2 is 1.96 bits per heavy atom. The Kier molecular flexibility index (Phi) is 5.09. The van der Waals surface area contributed by atoms with Crippen LogP contribution in [0.4, 0.5) is 0 Å². The van der Waals surface area contributed by atoms with Crippen LogP contribution in [0, 0.1) is 13.8 Å². The lowest BCUT2D eigenvalue weighted by atomic mass is 10.00. The zero-order valence-electron chi connectivity index (χ0n) is 15.9. The molecule has 0 radical (unpaired) electrons. The summed E-state index contributed by atoms with van der Waals surface area (Å²) in [6.07, 6.45) is 0.745. The first-order valence-corrected chi connectivity index (χ1v) is 9.72. The summed E-state index contributed by atoms with van der Waals surface area (Å²) in [6, 6.07) is 15.5. The summed E-state index contributed by atoms with van der Waals surface area (Å²) in [7, 11) is 0. The van der Waals surface area contributed by atoms with Crippen molar-refractivity contribution in [3.05, 3.63) is 81.6 Å². The fraction of sp³-hybridized carbons (Fsp3) is 0.273. The van der Waals surface area contributed by atoms with E-state index in [1.165, 1.54) is 0 Å². The fourth-order valence-corrected chi connectivity index (χ4v) is 3.89. The third kappa shape index (κ3) is 3.50. The van der Waals surface area contributed by atoms with Gasteiger partial charge in [-0.1, -0.05) is 48.0 Å². The third-order valence-electron chi connectivity index (χ3n) is 5.15. The number of halogens is 1. The van der Waals surface area contributed by atoms with Crippen molar-refractivity contribution in [1.82, 2.24) is 15.1 Å². The van der Waals surface area contributed by atoms with Crippen LogP contribution in [-0.4, -0.2) is 22.3 Å². The smallest absolute Gasteiger partial charge is 0.255 e. The highest BCUT2D eigenvalue weighted by Crippen LogP contribution is 2.32. The van der Waals surface area contributed by atoms with Crippen LogP contribution in [0.25, 0.3) is 0 Å². The van der Waals surface area contributed by atoms with E-state index < -0.39 is 0 Å². The highest BCUT2D eigenvalue weighted by atomic mass is 35.5. The van der Waals surface area contributed by atoms with Gasteiger partial charge in [0.05, 0.1) is 30.5 Å². The lowest BCUT2D eigenvalue weighted by molar-refractivity contribution is 0.0923. The molecule has 0 bridgehead atoms. The first-order valence-electron chi connectivity index (χ1n) is 9.34. The van der Waals surface area contributed by atoms with E-state index in [2.05, 4.69) is 10.4 Å². The number of fused-ring (bicyclic) bond motifs is 1. The summed E-state index contributed by atoms with van der Waals surface area (Å²) in [5.41, 5.74) is 4.15. The Morgan fingerprint density at radius 1 is 1.21 bits per heavy atom. The Balaban J connectivity index is 1.58. The van der Waals surface area contributed by atoms with Crippen molar-refractivity contribution in [2.75, 3.05) is 6.61 Å². The number of carbonyl (C=O) groups excluding carboxylic acids is 1. The van der Waals surface area contributed by atoms with Gasteiger partial charge in [0.1, 0.15) is 5.75 Å². The monoisotopic (exact) mass is 395 g/mol. The SMILES string of the molecule is Cc1nn(Cc2ccccc2Cl)c(C)c1C(=O)N[C@@H]1CCOc2ccccc21. The topological polar surface area (TPSA) is 56.2 Å². The van der Waals surface area contributed by atoms with Crippen LogP contribution < -0.4 is 10.1 Å². The number of hydrogen-bond acceptors (Lipinski definition) is 3. The average molecular weight is 396 g/mol. The van der Waals surface area contributed by atoms with E-state index in [-0.39, 0.29) is 11.9 Å². The minimum Gasteiger partial charge on any atom is -0.493 e. The molecule has 0 fully saturated rings. The highest BCUT2D eigenvalue weighted by Gasteiger charge is 2.26. The molecule has 3 aromatic rings. The predicted octanol–water partition coefficient (Wildman–Crippen LogP) is 4.46. The summed E-state index contributed by atoms with van der Waals surface area (Å²) < 4.78 is 7.53. The number of benzene rings is 2. The second-order valence-electron chi connectivity index (χ2n) is 7.00. The van der Waals surface area contributed by atoms with Gasteiger partial charge >= 0.3 is 0 Å². The molecule has 6 heteroatoms. The number of nitrogens with one attached hydrogen (secondary N) is 1. The molecular formula is C22H22ClN3O2. The van der Waals surface area contributed by atoms with Crippen molar-refractivity contribution in [1.29, 1.82) is 0 Å². The second-order valence-corrected chi connectivity index (χ2v) is 7.40. The largest absolute Gasteiger partial charge is 0.493 e. The van der Waals surface area contributed by atoms with Gasteiger partial charge in [-0.15, -0.1) is 0 Å². The molecule has 1 amide bonds. The van der Waals surface area contributed by atoms with E-state index >= 15 is 0 Å². The van der Waals surface area contributed by atoms with Gasteiger partial charge in [0.25, 0.3) is 5.91 Å². The summed E-state index contributed by atoms with van der Waals surface area (Å²) in [4.78, 5) is 13.1. The van der Waals surface area contributed by atoms with Crippen molar-refractivity contribution in [3.8, 4) is 5.75 Å². The van der Waals surface area contributed by atoms with Gasteiger partial charge < -0.3 is 10.1 Å². The van der Waals surface area contributed by atoms with Gasteiger partial charge in [-0.2, -0.15) is 5.10 Å². The lowest BCUT2D eigenvalue weighted by Crippen LogP contribution is -2.32. The zero-order chi connectivity index (χ0) is 19.7. The molecule has 0 spiro atoms. The molecule has 5 nitrogen and oxygen atoms in total. The van der Waals surface area contributed by atoms with Gasteiger partial charge in [0.15, 0.2) is 0 Å². The molecule has 1 atom stereocenters. The summed E-state index contributed by atoms with van der Waals surface area (Å²) in [6.45, 7) is 4.90. The van der Waals surface area contributed by atoms with Crippen LogP contribution >= 0.6 is 11.6 Å². The van der Waals surface area contributed by atoms with E-state index in [0.29, 0.717) is 29.4 Å². The van der Waals surface area contributed by atoms with Crippen molar-refractivity contribution >= 4 is 17.5 Å². The number of hydrogen-bond donors (Lipinski definition) is 1. The molecule has 1 aliphatic heterocycles. The van der Waals surface area contributed by atoms with Crippen LogP contribution in [0.3, 0.4) is 0 Å². The fourth-order valence-electron chi connectivity index (χ4n) is 3.69. The first-order chi connectivity index (χ1) is 13.5. The molecule has 1 aliphatic rings. The van der Waals surface area contributed by atoms with Gasteiger partial charge in [-0.25, -0.2) is 0 Å². The van der Waals surface area contributed by atoms with Crippen LogP contribution in [-0.2, 0) is 6.54 Å². The third-order valence-corrected chi connectivity index (χ3v) is 5.52. The molecule has 0 unspecified atom stereocenters. The van der Waals surface area contributed by atoms with Crippen LogP contribution in [0.2, 0.25) is 5.02 Å². The maximum Gasteiger partial charge on any atom is 0.255 e. The predicted molar refractivity (Wildman–Crippen MR) is 109 cm³/mol. The van der Waals surface area contributed by atoms with Crippen LogP contribution in [0.15, 0.2) is 48.5 Å². The number of aromatic nitrogens is 2. The standard InChI is InChI=1S/C22H22ClN3O2/c1-14-21(15(2)26(25-14)13-16-7-3-5-9-18(16)23)22(27)24-19-11-12-28-20-10-6-4-8-17(19)20/h3-10,19H,11-13H2,1-2H3,(H,24,27)/t19-/m1/s1.